The van der Waals surface area contributed by atoms with E-state index in [0.717, 1.165) is 29.5 Å². The Kier molecular flexibility index (Phi) is 8.16. The molecule has 0 bridgehead atoms. The molecule has 0 radical (unpaired) electrons. The lowest BCUT2D eigenvalue weighted by atomic mass is 10.2. The van der Waals surface area contributed by atoms with Gasteiger partial charge in [0, 0.05) is 12.1 Å². The van der Waals surface area contributed by atoms with Crippen LogP contribution in [0.5, 0.6) is 0 Å². The van der Waals surface area contributed by atoms with E-state index in [4.69, 9.17) is 0 Å². The van der Waals surface area contributed by atoms with Gasteiger partial charge in [-0.15, -0.1) is 0 Å². The summed E-state index contributed by atoms with van der Waals surface area (Å²) in [6, 6.07) is 19.5. The molecule has 0 unspecified atom stereocenters. The van der Waals surface area contributed by atoms with E-state index in [1.807, 2.05) is 30.3 Å². The zero-order valence-corrected chi connectivity index (χ0v) is 20.9. The van der Waals surface area contributed by atoms with Gasteiger partial charge in [-0.2, -0.15) is 13.2 Å². The molecule has 11 heteroatoms. The highest BCUT2D eigenvalue weighted by Crippen LogP contribution is 2.33. The molecule has 3 aromatic carbocycles. The highest BCUT2D eigenvalue weighted by atomic mass is 32.2. The number of hydrogen-bond donors (Lipinski definition) is 1. The molecule has 1 N–H and O–H groups in total. The van der Waals surface area contributed by atoms with Crippen molar-refractivity contribution >= 4 is 46.1 Å². The van der Waals surface area contributed by atoms with E-state index >= 15 is 0 Å². The average molecular weight is 542 g/mol. The second-order valence-corrected chi connectivity index (χ2v) is 9.44. The van der Waals surface area contributed by atoms with Crippen LogP contribution in [0.2, 0.25) is 0 Å². The van der Waals surface area contributed by atoms with Gasteiger partial charge < -0.3 is 10.1 Å². The van der Waals surface area contributed by atoms with Crippen LogP contribution in [0.1, 0.15) is 27.9 Å². The number of ether oxygens (including phenoxy) is 1. The molecule has 1 saturated heterocycles. The lowest BCUT2D eigenvalue weighted by Gasteiger charge is -2.32. The number of carbonyl (C=O) groups is 3. The molecule has 4 rings (SSSR count). The number of thioether (sulfide) groups is 1. The van der Waals surface area contributed by atoms with E-state index in [1.54, 1.807) is 12.1 Å². The summed E-state index contributed by atoms with van der Waals surface area (Å²) in [5.41, 5.74) is 0.963. The summed E-state index contributed by atoms with van der Waals surface area (Å²) in [6.07, 6.45) is -4.59. The number of nitrogens with one attached hydrogen (secondary N) is 1. The number of carbonyl (C=O) groups excluding carboxylic acids is 3. The molecule has 1 aliphatic heterocycles. The molecular weight excluding hydrogens is 519 g/mol. The van der Waals surface area contributed by atoms with Crippen LogP contribution in [0, 0.1) is 0 Å². The van der Waals surface area contributed by atoms with Crippen LogP contribution >= 0.6 is 11.8 Å². The zero-order chi connectivity index (χ0) is 27.3. The molecule has 0 saturated carbocycles. The minimum absolute atomic E-state index is 0.102. The summed E-state index contributed by atoms with van der Waals surface area (Å²) in [4.78, 5) is 43.7. The van der Waals surface area contributed by atoms with Crippen LogP contribution in [0.4, 0.5) is 24.5 Å². The van der Waals surface area contributed by atoms with Gasteiger partial charge in [-0.3, -0.25) is 14.5 Å². The molecule has 1 fully saturated rings. The van der Waals surface area contributed by atoms with E-state index in [1.165, 1.54) is 36.3 Å². The van der Waals surface area contributed by atoms with Crippen LogP contribution in [0.15, 0.2) is 83.9 Å². The van der Waals surface area contributed by atoms with Gasteiger partial charge in [-0.1, -0.05) is 42.1 Å². The molecule has 1 aliphatic rings. The predicted octanol–water partition coefficient (Wildman–Crippen LogP) is 5.65. The number of halogens is 3. The van der Waals surface area contributed by atoms with Crippen LogP contribution < -0.4 is 5.32 Å². The summed E-state index contributed by atoms with van der Waals surface area (Å²) in [5, 5.41) is 2.10. The third-order valence-corrected chi connectivity index (χ3v) is 6.80. The molecule has 1 heterocycles. The lowest BCUT2D eigenvalue weighted by molar-refractivity contribution is -0.137. The van der Waals surface area contributed by atoms with E-state index in [-0.39, 0.29) is 29.7 Å². The number of alkyl halides is 3. The van der Waals surface area contributed by atoms with Crippen molar-refractivity contribution in [2.75, 3.05) is 12.4 Å². The van der Waals surface area contributed by atoms with Crippen molar-refractivity contribution in [3.63, 3.8) is 0 Å². The molecular formula is C27H22F3N3O4S. The van der Waals surface area contributed by atoms with Crippen molar-refractivity contribution in [2.24, 2.45) is 4.99 Å². The Labute approximate surface area is 220 Å². The van der Waals surface area contributed by atoms with Crippen LogP contribution in [-0.4, -0.2) is 40.2 Å². The van der Waals surface area contributed by atoms with Crippen molar-refractivity contribution in [2.45, 2.75) is 24.4 Å². The van der Waals surface area contributed by atoms with E-state index in [0.29, 0.717) is 11.3 Å². The number of esters is 1. The van der Waals surface area contributed by atoms with E-state index < -0.39 is 28.9 Å². The highest BCUT2D eigenvalue weighted by molar-refractivity contribution is 8.15. The third-order valence-electron chi connectivity index (χ3n) is 5.61. The Morgan fingerprint density at radius 1 is 1.03 bits per heavy atom. The van der Waals surface area contributed by atoms with Crippen molar-refractivity contribution in [1.29, 1.82) is 0 Å². The maximum Gasteiger partial charge on any atom is 0.416 e. The van der Waals surface area contributed by atoms with Crippen molar-refractivity contribution in [3.05, 3.63) is 95.6 Å². The Hall–Kier alpha value is -4.12. The normalized spacial score (nSPS) is 16.8. The molecule has 7 nitrogen and oxygen atoms in total. The first-order valence-electron chi connectivity index (χ1n) is 11.4. The number of amidine groups is 1. The van der Waals surface area contributed by atoms with Crippen molar-refractivity contribution in [3.8, 4) is 0 Å². The highest BCUT2D eigenvalue weighted by Gasteiger charge is 2.36. The number of nitrogens with zero attached hydrogens (tertiary/aromatic N) is 2. The minimum atomic E-state index is -4.49. The smallest absolute Gasteiger partial charge is 0.416 e. The summed E-state index contributed by atoms with van der Waals surface area (Å²) in [5.74, 6) is -1.31. The van der Waals surface area contributed by atoms with Crippen molar-refractivity contribution in [1.82, 2.24) is 4.90 Å². The molecule has 0 aliphatic carbocycles. The monoisotopic (exact) mass is 541 g/mol. The van der Waals surface area contributed by atoms with Crippen molar-refractivity contribution < 1.29 is 32.3 Å². The van der Waals surface area contributed by atoms with E-state index in [9.17, 15) is 27.6 Å². The zero-order valence-electron chi connectivity index (χ0n) is 20.1. The van der Waals surface area contributed by atoms with Gasteiger partial charge in [0.1, 0.15) is 5.25 Å². The van der Waals surface area contributed by atoms with Crippen LogP contribution in [0.25, 0.3) is 0 Å². The quantitative estimate of drug-likeness (QED) is 0.408. The maximum atomic E-state index is 13.2. The minimum Gasteiger partial charge on any atom is -0.465 e. The molecule has 38 heavy (non-hydrogen) atoms. The fourth-order valence-electron chi connectivity index (χ4n) is 3.63. The SMILES string of the molecule is COC(=O)c1ccc(NC(=O)[C@@H]2CC(=O)N(Cc3ccccc3)C(=Nc3ccc(C(F)(F)F)cc3)S2)cc1. The number of methoxy groups -OCH3 is 1. The second kappa shape index (κ2) is 11.5. The Morgan fingerprint density at radius 3 is 2.29 bits per heavy atom. The molecule has 3 aromatic rings. The maximum absolute atomic E-state index is 13.2. The second-order valence-electron chi connectivity index (χ2n) is 8.27. The Bertz CT molecular complexity index is 1340. The predicted molar refractivity (Wildman–Crippen MR) is 138 cm³/mol. The van der Waals surface area contributed by atoms with Gasteiger partial charge in [-0.05, 0) is 54.1 Å². The van der Waals surface area contributed by atoms with Gasteiger partial charge in [0.15, 0.2) is 5.17 Å². The van der Waals surface area contributed by atoms with Gasteiger partial charge in [0.2, 0.25) is 11.8 Å². The number of anilines is 1. The Morgan fingerprint density at radius 2 is 1.68 bits per heavy atom. The molecule has 0 aromatic heterocycles. The van der Waals surface area contributed by atoms with Gasteiger partial charge in [0.05, 0.1) is 30.5 Å². The summed E-state index contributed by atoms with van der Waals surface area (Å²) < 4.78 is 43.6. The molecule has 196 valence electrons. The first-order valence-corrected chi connectivity index (χ1v) is 12.3. The molecule has 2 amide bonds. The van der Waals surface area contributed by atoms with Crippen LogP contribution in [-0.2, 0) is 27.0 Å². The number of rotatable bonds is 6. The number of hydrogen-bond acceptors (Lipinski definition) is 6. The number of aliphatic imine (C=N–C) groups is 1. The van der Waals surface area contributed by atoms with Gasteiger partial charge in [0.25, 0.3) is 0 Å². The summed E-state index contributed by atoms with van der Waals surface area (Å²) in [7, 11) is 1.26. The fraction of sp³-hybridized carbons (Fsp3) is 0.185. The third kappa shape index (κ3) is 6.60. The molecule has 0 spiro atoms. The average Bonchev–Trinajstić information content (AvgIpc) is 2.90. The number of amides is 2. The first-order chi connectivity index (χ1) is 18.1. The van der Waals surface area contributed by atoms with Gasteiger partial charge >= 0.3 is 12.1 Å². The summed E-state index contributed by atoms with van der Waals surface area (Å²) in [6.45, 7) is 0.190. The largest absolute Gasteiger partial charge is 0.465 e. The topological polar surface area (TPSA) is 88.1 Å². The fourth-order valence-corrected chi connectivity index (χ4v) is 4.73. The first kappa shape index (κ1) is 26.9. The standard InChI is InChI=1S/C27H22F3N3O4S/c1-37-25(36)18-7-11-20(12-8-18)31-24(35)22-15-23(34)33(16-17-5-3-2-4-6-17)26(38-22)32-21-13-9-19(10-14-21)27(28,29)30/h2-14,22H,15-16H2,1H3,(H,31,35)/t22-/m0/s1. The van der Waals surface area contributed by atoms with Gasteiger partial charge in [-0.25, -0.2) is 9.79 Å². The Balaban J connectivity index is 1.57. The molecule has 1 atom stereocenters. The number of benzene rings is 3. The lowest BCUT2D eigenvalue weighted by Crippen LogP contribution is -2.44. The summed E-state index contributed by atoms with van der Waals surface area (Å²) >= 11 is 1.05. The van der Waals surface area contributed by atoms with E-state index in [2.05, 4.69) is 15.0 Å². The van der Waals surface area contributed by atoms with Crippen LogP contribution in [0.3, 0.4) is 0 Å².